The van der Waals surface area contributed by atoms with E-state index in [1.54, 1.807) is 24.3 Å². The number of anilines is 1. The van der Waals surface area contributed by atoms with Crippen LogP contribution in [0.5, 0.6) is 0 Å². The van der Waals surface area contributed by atoms with Crippen LogP contribution in [0.3, 0.4) is 0 Å². The highest BCUT2D eigenvalue weighted by atomic mass is 35.5. The molecule has 0 bridgehead atoms. The molecule has 0 radical (unpaired) electrons. The van der Waals surface area contributed by atoms with Crippen molar-refractivity contribution in [2.75, 3.05) is 12.3 Å². The van der Waals surface area contributed by atoms with Crippen molar-refractivity contribution in [1.82, 2.24) is 9.55 Å². The Morgan fingerprint density at radius 3 is 2.62 bits per heavy atom. The zero-order chi connectivity index (χ0) is 20.3. The van der Waals surface area contributed by atoms with Crippen LogP contribution in [0.25, 0.3) is 0 Å². The van der Waals surface area contributed by atoms with Crippen molar-refractivity contribution in [3.8, 4) is 0 Å². The number of hydrogen-bond acceptors (Lipinski definition) is 5. The first kappa shape index (κ1) is 20.3. The molecule has 152 valence electrons. The number of thioether (sulfide) groups is 1. The molecule has 2 atom stereocenters. The Kier molecular flexibility index (Phi) is 5.88. The highest BCUT2D eigenvalue weighted by Crippen LogP contribution is 2.45. The van der Waals surface area contributed by atoms with Gasteiger partial charge < -0.3 is 19.8 Å². The number of hydrogen-bond donors (Lipinski definition) is 1. The van der Waals surface area contributed by atoms with Crippen LogP contribution < -0.4 is 5.73 Å². The van der Waals surface area contributed by atoms with Crippen LogP contribution >= 0.6 is 23.4 Å². The molecule has 0 saturated carbocycles. The average Bonchev–Trinajstić information content (AvgIpc) is 3.32. The molecule has 5 nitrogen and oxygen atoms in total. The van der Waals surface area contributed by atoms with Gasteiger partial charge in [-0.25, -0.2) is 4.98 Å². The van der Waals surface area contributed by atoms with Crippen molar-refractivity contribution in [2.24, 2.45) is 0 Å². The minimum atomic E-state index is -0.726. The Morgan fingerprint density at radius 2 is 1.93 bits per heavy atom. The minimum Gasteiger partial charge on any atom is -0.399 e. The standard InChI is InChI=1S/C22H24ClN3O2S/c1-21(29-20-8-6-19(24)7-9-20)15-27-22(28-21,14-26-13-12-25-16-26)11-10-17-2-4-18(23)5-3-17/h2-9,12-13,16H,10-11,14-15,24H2,1H3/t21-,22-/m0/s1. The van der Waals surface area contributed by atoms with E-state index >= 15 is 0 Å². The molecule has 3 aromatic rings. The SMILES string of the molecule is C[C@]1(Sc2ccc(N)cc2)CO[C@](CCc2ccc(Cl)cc2)(Cn2ccnc2)O1. The summed E-state index contributed by atoms with van der Waals surface area (Å²) in [6.45, 7) is 3.15. The Morgan fingerprint density at radius 1 is 1.17 bits per heavy atom. The summed E-state index contributed by atoms with van der Waals surface area (Å²) in [5.74, 6) is -0.726. The lowest BCUT2D eigenvalue weighted by Crippen LogP contribution is -2.38. The molecular weight excluding hydrogens is 406 g/mol. The van der Waals surface area contributed by atoms with E-state index in [0.717, 1.165) is 28.4 Å². The number of aromatic nitrogens is 2. The predicted molar refractivity (Wildman–Crippen MR) is 117 cm³/mol. The summed E-state index contributed by atoms with van der Waals surface area (Å²) in [6.07, 6.45) is 7.04. The lowest BCUT2D eigenvalue weighted by Gasteiger charge is -2.31. The van der Waals surface area contributed by atoms with E-state index in [1.807, 2.05) is 59.3 Å². The smallest absolute Gasteiger partial charge is 0.188 e. The van der Waals surface area contributed by atoms with E-state index in [1.165, 1.54) is 5.56 Å². The summed E-state index contributed by atoms with van der Waals surface area (Å²) < 4.78 is 15.0. The van der Waals surface area contributed by atoms with E-state index in [9.17, 15) is 0 Å². The fourth-order valence-corrected chi connectivity index (χ4v) is 4.68. The molecule has 1 fully saturated rings. The number of imidazole rings is 1. The van der Waals surface area contributed by atoms with E-state index < -0.39 is 10.7 Å². The van der Waals surface area contributed by atoms with Crippen molar-refractivity contribution in [1.29, 1.82) is 0 Å². The molecule has 0 spiro atoms. The average molecular weight is 430 g/mol. The van der Waals surface area contributed by atoms with Gasteiger partial charge in [-0.3, -0.25) is 0 Å². The summed E-state index contributed by atoms with van der Waals surface area (Å²) in [6, 6.07) is 15.8. The molecule has 1 aliphatic heterocycles. The normalized spacial score (nSPS) is 24.1. The van der Waals surface area contributed by atoms with Gasteiger partial charge in [0.2, 0.25) is 0 Å². The number of aryl methyl sites for hydroxylation is 1. The lowest BCUT2D eigenvalue weighted by molar-refractivity contribution is -0.184. The molecule has 0 unspecified atom stereocenters. The molecule has 4 rings (SSSR count). The Bertz CT molecular complexity index is 934. The molecular formula is C22H24ClN3O2S. The van der Waals surface area contributed by atoms with Crippen LogP contribution in [0.4, 0.5) is 5.69 Å². The molecule has 1 aromatic heterocycles. The van der Waals surface area contributed by atoms with Crippen LogP contribution in [-0.4, -0.2) is 26.9 Å². The van der Waals surface area contributed by atoms with Crippen LogP contribution in [0.2, 0.25) is 5.02 Å². The number of nitrogens with zero attached hydrogens (tertiary/aromatic N) is 2. The molecule has 29 heavy (non-hydrogen) atoms. The lowest BCUT2D eigenvalue weighted by atomic mass is 10.0. The fraction of sp³-hybridized carbons (Fsp3) is 0.318. The van der Waals surface area contributed by atoms with Crippen LogP contribution in [0.1, 0.15) is 18.9 Å². The first-order valence-electron chi connectivity index (χ1n) is 9.53. The second kappa shape index (κ2) is 8.40. The third-order valence-electron chi connectivity index (χ3n) is 4.90. The van der Waals surface area contributed by atoms with Crippen molar-refractivity contribution >= 4 is 29.1 Å². The molecule has 1 saturated heterocycles. The molecule has 0 amide bonds. The van der Waals surface area contributed by atoms with Gasteiger partial charge in [0.15, 0.2) is 5.79 Å². The van der Waals surface area contributed by atoms with Crippen LogP contribution in [0, 0.1) is 0 Å². The summed E-state index contributed by atoms with van der Waals surface area (Å²) >= 11 is 7.67. The zero-order valence-corrected chi connectivity index (χ0v) is 17.8. The molecule has 2 aromatic carbocycles. The first-order chi connectivity index (χ1) is 13.9. The van der Waals surface area contributed by atoms with Gasteiger partial charge in [0.05, 0.1) is 19.5 Å². The van der Waals surface area contributed by atoms with Gasteiger partial charge in [0.1, 0.15) is 4.93 Å². The highest BCUT2D eigenvalue weighted by molar-refractivity contribution is 8.00. The van der Waals surface area contributed by atoms with Crippen molar-refractivity contribution < 1.29 is 9.47 Å². The Balaban J connectivity index is 1.51. The van der Waals surface area contributed by atoms with Gasteiger partial charge in [-0.15, -0.1) is 0 Å². The third kappa shape index (κ3) is 5.14. The molecule has 2 N–H and O–H groups in total. The summed E-state index contributed by atoms with van der Waals surface area (Å²) in [5, 5.41) is 0.739. The third-order valence-corrected chi connectivity index (χ3v) is 6.30. The number of nitrogens with two attached hydrogens (primary N) is 1. The maximum atomic E-state index is 6.62. The number of rotatable bonds is 7. The molecule has 0 aliphatic carbocycles. The Hall–Kier alpha value is -1.99. The Labute approximate surface area is 180 Å². The van der Waals surface area contributed by atoms with E-state index in [0.29, 0.717) is 13.2 Å². The second-order valence-corrected chi connectivity index (χ2v) is 9.44. The van der Waals surface area contributed by atoms with Crippen molar-refractivity contribution in [3.05, 3.63) is 77.8 Å². The fourth-order valence-electron chi connectivity index (χ4n) is 3.47. The largest absolute Gasteiger partial charge is 0.399 e. The number of benzene rings is 2. The van der Waals surface area contributed by atoms with E-state index in [4.69, 9.17) is 26.8 Å². The minimum absolute atomic E-state index is 0.489. The van der Waals surface area contributed by atoms with Gasteiger partial charge in [-0.1, -0.05) is 35.5 Å². The van der Waals surface area contributed by atoms with Gasteiger partial charge in [-0.05, 0) is 55.3 Å². The second-order valence-electron chi connectivity index (χ2n) is 7.47. The number of halogens is 1. The predicted octanol–water partition coefficient (Wildman–Crippen LogP) is 5.00. The summed E-state index contributed by atoms with van der Waals surface area (Å²) in [4.78, 5) is 4.76. The monoisotopic (exact) mass is 429 g/mol. The van der Waals surface area contributed by atoms with E-state index in [-0.39, 0.29) is 0 Å². The van der Waals surface area contributed by atoms with E-state index in [2.05, 4.69) is 11.9 Å². The van der Waals surface area contributed by atoms with Gasteiger partial charge in [0.25, 0.3) is 0 Å². The first-order valence-corrected chi connectivity index (χ1v) is 10.7. The van der Waals surface area contributed by atoms with Crippen LogP contribution in [0.15, 0.2) is 72.1 Å². The maximum absolute atomic E-state index is 6.62. The van der Waals surface area contributed by atoms with Crippen molar-refractivity contribution in [2.45, 2.75) is 41.9 Å². The molecule has 2 heterocycles. The van der Waals surface area contributed by atoms with Gasteiger partial charge in [0, 0.05) is 34.4 Å². The quantitative estimate of drug-likeness (QED) is 0.535. The molecule has 7 heteroatoms. The van der Waals surface area contributed by atoms with Crippen molar-refractivity contribution in [3.63, 3.8) is 0 Å². The van der Waals surface area contributed by atoms with Gasteiger partial charge in [-0.2, -0.15) is 0 Å². The maximum Gasteiger partial charge on any atom is 0.188 e. The number of ether oxygens (including phenoxy) is 2. The zero-order valence-electron chi connectivity index (χ0n) is 16.3. The molecule has 1 aliphatic rings. The highest BCUT2D eigenvalue weighted by Gasteiger charge is 2.48. The number of nitrogen functional groups attached to an aromatic ring is 1. The topological polar surface area (TPSA) is 62.3 Å². The van der Waals surface area contributed by atoms with Gasteiger partial charge >= 0.3 is 0 Å². The van der Waals surface area contributed by atoms with Crippen LogP contribution in [-0.2, 0) is 22.4 Å². The summed E-state index contributed by atoms with van der Waals surface area (Å²) in [5.41, 5.74) is 7.76. The summed E-state index contributed by atoms with van der Waals surface area (Å²) in [7, 11) is 0.